The van der Waals surface area contributed by atoms with Gasteiger partial charge in [-0.25, -0.2) is 4.39 Å². The van der Waals surface area contributed by atoms with Crippen molar-refractivity contribution in [3.63, 3.8) is 0 Å². The van der Waals surface area contributed by atoms with E-state index >= 15 is 0 Å². The Bertz CT molecular complexity index is 654. The van der Waals surface area contributed by atoms with E-state index in [1.807, 2.05) is 0 Å². The Kier molecular flexibility index (Phi) is 2.39. The van der Waals surface area contributed by atoms with Crippen LogP contribution in [-0.4, -0.2) is 10.8 Å². The molecule has 0 unspecified atom stereocenters. The molecule has 0 saturated heterocycles. The van der Waals surface area contributed by atoms with Gasteiger partial charge in [-0.05, 0) is 11.3 Å². The molecule has 0 atom stereocenters. The predicted molar refractivity (Wildman–Crippen MR) is 55.9 cm³/mol. The molecule has 9 heteroatoms. The van der Waals surface area contributed by atoms with Crippen molar-refractivity contribution < 1.29 is 18.8 Å². The Morgan fingerprint density at radius 2 is 2.18 bits per heavy atom. The van der Waals surface area contributed by atoms with E-state index in [9.17, 15) is 24.5 Å². The molecule has 1 aromatic heterocycles. The number of hydrogen-bond donors (Lipinski definition) is 1. The summed E-state index contributed by atoms with van der Waals surface area (Å²) < 4.78 is 13.1. The number of thiazole rings is 1. The highest BCUT2D eigenvalue weighted by atomic mass is 32.1. The van der Waals surface area contributed by atoms with Gasteiger partial charge in [-0.1, -0.05) is 0 Å². The monoisotopic (exact) mass is 257 g/mol. The van der Waals surface area contributed by atoms with Gasteiger partial charge in [0.25, 0.3) is 5.69 Å². The van der Waals surface area contributed by atoms with Gasteiger partial charge in [-0.2, -0.15) is 0 Å². The molecule has 2 rings (SSSR count). The van der Waals surface area contributed by atoms with E-state index < -0.39 is 27.3 Å². The van der Waals surface area contributed by atoms with Crippen LogP contribution in [0.5, 0.6) is 0 Å². The molecule has 0 spiro atoms. The molecule has 1 aromatic carbocycles. The highest BCUT2D eigenvalue weighted by Crippen LogP contribution is 2.30. The number of carbonyl (C=O) groups excluding carboxylic acids is 1. The average Bonchev–Trinajstić information content (AvgIpc) is 2.55. The van der Waals surface area contributed by atoms with Crippen molar-refractivity contribution in [2.75, 3.05) is 0 Å². The molecular formula is C8H4FN3O4S. The van der Waals surface area contributed by atoms with Gasteiger partial charge >= 0.3 is 10.9 Å². The number of nitrogens with two attached hydrogens (primary N) is 1. The highest BCUT2D eigenvalue weighted by Gasteiger charge is 2.28. The van der Waals surface area contributed by atoms with Crippen molar-refractivity contribution in [2.45, 2.75) is 0 Å². The quantitative estimate of drug-likeness (QED) is 0.368. The van der Waals surface area contributed by atoms with Crippen LogP contribution >= 0.6 is 11.3 Å². The van der Waals surface area contributed by atoms with Crippen LogP contribution < -0.4 is 10.5 Å². The van der Waals surface area contributed by atoms with Crippen LogP contribution in [0.4, 0.5) is 10.1 Å². The third-order valence-electron chi connectivity index (χ3n) is 2.02. The molecule has 0 fully saturated rings. The second-order valence-corrected chi connectivity index (χ2v) is 4.10. The van der Waals surface area contributed by atoms with Crippen molar-refractivity contribution in [1.29, 1.82) is 0 Å². The Balaban J connectivity index is 2.90. The number of nitrogens with zero attached hydrogens (tertiary/aromatic N) is 2. The van der Waals surface area contributed by atoms with Crippen LogP contribution in [0.25, 0.3) is 10.2 Å². The summed E-state index contributed by atoms with van der Waals surface area (Å²) in [5.74, 6) is -1.95. The number of primary amides is 1. The van der Waals surface area contributed by atoms with Gasteiger partial charge in [0.15, 0.2) is 4.70 Å². The number of halogens is 1. The van der Waals surface area contributed by atoms with Crippen LogP contribution in [0.2, 0.25) is 0 Å². The molecular weight excluding hydrogens is 253 g/mol. The number of benzene rings is 1. The molecule has 0 aliphatic heterocycles. The van der Waals surface area contributed by atoms with Crippen LogP contribution in [0.3, 0.4) is 0 Å². The lowest BCUT2D eigenvalue weighted by Gasteiger charge is -1.95. The predicted octanol–water partition coefficient (Wildman–Crippen LogP) is 0.681. The lowest BCUT2D eigenvalue weighted by Crippen LogP contribution is -2.34. The van der Waals surface area contributed by atoms with Crippen molar-refractivity contribution in [3.05, 3.63) is 38.3 Å². The second kappa shape index (κ2) is 3.63. The van der Waals surface area contributed by atoms with E-state index in [0.717, 1.165) is 6.07 Å². The maximum absolute atomic E-state index is 13.1. The van der Waals surface area contributed by atoms with Gasteiger partial charge < -0.3 is 10.9 Å². The fourth-order valence-corrected chi connectivity index (χ4v) is 2.31. The largest absolute Gasteiger partial charge is 0.617 e. The third kappa shape index (κ3) is 1.65. The molecule has 7 nitrogen and oxygen atoms in total. The Morgan fingerprint density at radius 1 is 1.53 bits per heavy atom. The summed E-state index contributed by atoms with van der Waals surface area (Å²) in [4.78, 5) is 20.8. The van der Waals surface area contributed by atoms with E-state index in [1.165, 1.54) is 0 Å². The number of non-ortho nitro benzene ring substituents is 1. The first-order chi connectivity index (χ1) is 7.91. The first kappa shape index (κ1) is 11.2. The molecule has 17 heavy (non-hydrogen) atoms. The normalized spacial score (nSPS) is 10.6. The number of nitro benzene ring substituents is 1. The average molecular weight is 257 g/mol. The van der Waals surface area contributed by atoms with E-state index in [1.54, 1.807) is 0 Å². The zero-order chi connectivity index (χ0) is 12.7. The number of fused-ring (bicyclic) bond motifs is 1. The fraction of sp³-hybridized carbons (Fsp3) is 0. The first-order valence-corrected chi connectivity index (χ1v) is 5.03. The maximum Gasteiger partial charge on any atom is 0.339 e. The topological polar surface area (TPSA) is 113 Å². The molecule has 0 aliphatic rings. The van der Waals surface area contributed by atoms with Crippen molar-refractivity contribution in [1.82, 2.24) is 0 Å². The molecule has 2 aromatic rings. The SMILES string of the molecule is NC(=O)c1sc2c([N+](=O)[O-])cc(F)cc2[n+]1[O-]. The third-order valence-corrected chi connectivity index (χ3v) is 3.21. The number of carbonyl (C=O) groups is 1. The minimum atomic E-state index is -1.02. The van der Waals surface area contributed by atoms with Crippen molar-refractivity contribution in [2.24, 2.45) is 5.73 Å². The summed E-state index contributed by atoms with van der Waals surface area (Å²) >= 11 is 0.563. The van der Waals surface area contributed by atoms with Crippen LogP contribution in [0, 0.1) is 21.1 Å². The molecule has 0 aliphatic carbocycles. The van der Waals surface area contributed by atoms with Crippen LogP contribution in [-0.2, 0) is 0 Å². The van der Waals surface area contributed by atoms with Crippen LogP contribution in [0.15, 0.2) is 12.1 Å². The summed E-state index contributed by atoms with van der Waals surface area (Å²) in [6, 6.07) is 1.50. The Morgan fingerprint density at radius 3 is 2.71 bits per heavy atom. The zero-order valence-electron chi connectivity index (χ0n) is 8.05. The minimum absolute atomic E-state index is 0.0831. The highest BCUT2D eigenvalue weighted by molar-refractivity contribution is 7.20. The first-order valence-electron chi connectivity index (χ1n) is 4.21. The Hall–Kier alpha value is -2.29. The fourth-order valence-electron chi connectivity index (χ4n) is 1.35. The zero-order valence-corrected chi connectivity index (χ0v) is 8.86. The number of rotatable bonds is 2. The van der Waals surface area contributed by atoms with E-state index in [2.05, 4.69) is 0 Å². The van der Waals surface area contributed by atoms with Crippen molar-refractivity contribution in [3.8, 4) is 0 Å². The van der Waals surface area contributed by atoms with E-state index in [-0.39, 0.29) is 14.9 Å². The van der Waals surface area contributed by atoms with Gasteiger partial charge in [0.05, 0.1) is 11.0 Å². The van der Waals surface area contributed by atoms with Gasteiger partial charge in [0.2, 0.25) is 5.52 Å². The number of nitro groups is 1. The molecule has 1 amide bonds. The van der Waals surface area contributed by atoms with Gasteiger partial charge in [-0.15, -0.1) is 4.73 Å². The van der Waals surface area contributed by atoms with E-state index in [0.29, 0.717) is 17.4 Å². The van der Waals surface area contributed by atoms with Gasteiger partial charge in [0.1, 0.15) is 5.82 Å². The second-order valence-electron chi connectivity index (χ2n) is 3.10. The lowest BCUT2D eigenvalue weighted by atomic mass is 10.3. The summed E-state index contributed by atoms with van der Waals surface area (Å²) in [5, 5.41) is 21.8. The molecule has 0 radical (unpaired) electrons. The Labute approximate surface area is 96.6 Å². The minimum Gasteiger partial charge on any atom is -0.617 e. The summed E-state index contributed by atoms with van der Waals surface area (Å²) in [7, 11) is 0. The molecule has 0 bridgehead atoms. The molecule has 0 saturated carbocycles. The summed E-state index contributed by atoms with van der Waals surface area (Å²) in [5.41, 5.74) is 4.08. The number of amides is 1. The lowest BCUT2D eigenvalue weighted by molar-refractivity contribution is -0.574. The summed E-state index contributed by atoms with van der Waals surface area (Å²) in [6.45, 7) is 0. The van der Waals surface area contributed by atoms with Gasteiger partial charge in [-0.3, -0.25) is 14.9 Å². The molecule has 1 heterocycles. The van der Waals surface area contributed by atoms with Crippen LogP contribution in [0.1, 0.15) is 9.80 Å². The molecule has 2 N–H and O–H groups in total. The number of aromatic nitrogens is 1. The molecule has 88 valence electrons. The number of hydrogen-bond acceptors (Lipinski definition) is 5. The van der Waals surface area contributed by atoms with E-state index in [4.69, 9.17) is 5.73 Å². The van der Waals surface area contributed by atoms with Crippen molar-refractivity contribution >= 4 is 33.1 Å². The smallest absolute Gasteiger partial charge is 0.339 e. The standard InChI is InChI=1S/C8H4FN3O4S/c9-3-1-4-6(5(2-3)12(15)16)17-8(7(10)13)11(4)14/h1-2H,(H2,10,13). The maximum atomic E-state index is 13.1. The van der Waals surface area contributed by atoms with Gasteiger partial charge in [0, 0.05) is 6.07 Å². The summed E-state index contributed by atoms with van der Waals surface area (Å²) in [6.07, 6.45) is 0.